The predicted octanol–water partition coefficient (Wildman–Crippen LogP) is 3.56. The van der Waals surface area contributed by atoms with E-state index in [9.17, 15) is 14.4 Å². The Balaban J connectivity index is 1.45. The summed E-state index contributed by atoms with van der Waals surface area (Å²) in [6.45, 7) is 1.54. The molecule has 3 N–H and O–H groups in total. The van der Waals surface area contributed by atoms with Crippen LogP contribution in [0.3, 0.4) is 0 Å². The molecular formula is C23H25N5O4S. The molecule has 0 unspecified atom stereocenters. The molecule has 4 rings (SSSR count). The van der Waals surface area contributed by atoms with E-state index in [0.29, 0.717) is 22.8 Å². The summed E-state index contributed by atoms with van der Waals surface area (Å²) in [4.78, 5) is 38.2. The zero-order valence-electron chi connectivity index (χ0n) is 18.4. The summed E-state index contributed by atoms with van der Waals surface area (Å²) in [5.74, 6) is 1.63. The fraction of sp³-hybridized carbons (Fsp3) is 0.261. The van der Waals surface area contributed by atoms with Gasteiger partial charge in [-0.3, -0.25) is 14.9 Å². The van der Waals surface area contributed by atoms with Crippen molar-refractivity contribution in [3.8, 4) is 11.1 Å². The second kappa shape index (κ2) is 9.45. The number of hydrogen-bond donors (Lipinski definition) is 3. The maximum absolute atomic E-state index is 12.9. The van der Waals surface area contributed by atoms with E-state index in [0.717, 1.165) is 35.7 Å². The third-order valence-electron chi connectivity index (χ3n) is 5.49. The van der Waals surface area contributed by atoms with Gasteiger partial charge in [-0.15, -0.1) is 0 Å². The lowest BCUT2D eigenvalue weighted by molar-refractivity contribution is 0.0762. The van der Waals surface area contributed by atoms with Crippen LogP contribution in [0, 0.1) is 0 Å². The van der Waals surface area contributed by atoms with Crippen molar-refractivity contribution in [3.63, 3.8) is 0 Å². The predicted molar refractivity (Wildman–Crippen MR) is 129 cm³/mol. The number of nitrogens with zero attached hydrogens (tertiary/aromatic N) is 3. The highest BCUT2D eigenvalue weighted by atomic mass is 32.2. The summed E-state index contributed by atoms with van der Waals surface area (Å²) in [5, 5.41) is 13.9. The van der Waals surface area contributed by atoms with Crippen LogP contribution in [0.2, 0.25) is 0 Å². The molecule has 0 radical (unpaired) electrons. The Morgan fingerprint density at radius 2 is 1.52 bits per heavy atom. The van der Waals surface area contributed by atoms with Gasteiger partial charge in [-0.05, 0) is 29.8 Å². The summed E-state index contributed by atoms with van der Waals surface area (Å²) < 4.78 is 3.41. The molecule has 10 heteroatoms. The van der Waals surface area contributed by atoms with Crippen molar-refractivity contribution >= 4 is 41.0 Å². The van der Waals surface area contributed by atoms with Crippen molar-refractivity contribution < 1.29 is 19.5 Å². The first-order chi connectivity index (χ1) is 15.8. The number of thioether (sulfide) groups is 1. The molecule has 0 aliphatic carbocycles. The van der Waals surface area contributed by atoms with Gasteiger partial charge >= 0.3 is 6.09 Å². The number of benzene rings is 1. The molecule has 1 fully saturated rings. The monoisotopic (exact) mass is 467 g/mol. The largest absolute Gasteiger partial charge is 0.465 e. The highest BCUT2D eigenvalue weighted by Gasteiger charge is 2.21. The van der Waals surface area contributed by atoms with Gasteiger partial charge in [0, 0.05) is 62.3 Å². The molecule has 1 aliphatic rings. The van der Waals surface area contributed by atoms with Gasteiger partial charge in [-0.2, -0.15) is 11.8 Å². The van der Waals surface area contributed by atoms with E-state index in [1.807, 2.05) is 52.7 Å². The van der Waals surface area contributed by atoms with E-state index in [-0.39, 0.29) is 11.8 Å². The van der Waals surface area contributed by atoms with Crippen molar-refractivity contribution in [1.82, 2.24) is 14.0 Å². The van der Waals surface area contributed by atoms with Crippen molar-refractivity contribution in [2.45, 2.75) is 0 Å². The molecule has 0 saturated carbocycles. The van der Waals surface area contributed by atoms with Crippen molar-refractivity contribution in [1.29, 1.82) is 0 Å². The topological polar surface area (TPSA) is 109 Å². The fourth-order valence-electron chi connectivity index (χ4n) is 3.79. The standard InChI is InChI=1S/C23H25N5O4S/c1-26-13-16(11-20(26)22(30)28-7-9-33-10-8-28)15-3-5-17(6-4-15)24-21(29)19-12-18(14-27(19)2)25-23(31)32/h3-6,11-14,25H,7-10H2,1-2H3,(H,24,29)(H,31,32). The third-order valence-corrected chi connectivity index (χ3v) is 6.43. The number of aromatic nitrogens is 2. The molecule has 3 heterocycles. The average molecular weight is 468 g/mol. The fourth-order valence-corrected chi connectivity index (χ4v) is 4.69. The van der Waals surface area contributed by atoms with Crippen LogP contribution in [0.15, 0.2) is 48.8 Å². The van der Waals surface area contributed by atoms with E-state index >= 15 is 0 Å². The molecule has 1 saturated heterocycles. The minimum Gasteiger partial charge on any atom is -0.465 e. The molecular weight excluding hydrogens is 442 g/mol. The zero-order valence-corrected chi connectivity index (χ0v) is 19.2. The smallest absolute Gasteiger partial charge is 0.409 e. The summed E-state index contributed by atoms with van der Waals surface area (Å²) >= 11 is 1.87. The van der Waals surface area contributed by atoms with Gasteiger partial charge in [0.2, 0.25) is 0 Å². The molecule has 1 aliphatic heterocycles. The number of amides is 3. The van der Waals surface area contributed by atoms with Crippen LogP contribution in [0.5, 0.6) is 0 Å². The first kappa shape index (κ1) is 22.5. The summed E-state index contributed by atoms with van der Waals surface area (Å²) in [5.41, 5.74) is 3.77. The molecule has 9 nitrogen and oxygen atoms in total. The van der Waals surface area contributed by atoms with Crippen molar-refractivity contribution in [2.24, 2.45) is 14.1 Å². The number of rotatable bonds is 5. The van der Waals surface area contributed by atoms with Gasteiger partial charge in [0.1, 0.15) is 11.4 Å². The summed E-state index contributed by atoms with van der Waals surface area (Å²) in [6, 6.07) is 10.7. The van der Waals surface area contributed by atoms with E-state index in [1.54, 1.807) is 23.7 Å². The molecule has 33 heavy (non-hydrogen) atoms. The number of carboxylic acid groups (broad SMARTS) is 1. The molecule has 1 aromatic carbocycles. The van der Waals surface area contributed by atoms with Gasteiger partial charge < -0.3 is 24.5 Å². The Hall–Kier alpha value is -3.66. The van der Waals surface area contributed by atoms with Gasteiger partial charge in [0.15, 0.2) is 0 Å². The average Bonchev–Trinajstić information content (AvgIpc) is 3.36. The molecule has 3 aromatic rings. The molecule has 2 aromatic heterocycles. The number of anilines is 2. The first-order valence-corrected chi connectivity index (χ1v) is 11.6. The molecule has 0 spiro atoms. The Morgan fingerprint density at radius 3 is 2.18 bits per heavy atom. The van der Waals surface area contributed by atoms with Gasteiger partial charge in [-0.1, -0.05) is 12.1 Å². The zero-order chi connectivity index (χ0) is 23.5. The number of carbonyl (C=O) groups is 3. The molecule has 172 valence electrons. The number of aryl methyl sites for hydroxylation is 2. The highest BCUT2D eigenvalue weighted by molar-refractivity contribution is 7.99. The number of nitrogens with one attached hydrogen (secondary N) is 2. The van der Waals surface area contributed by atoms with Crippen LogP contribution >= 0.6 is 11.8 Å². The molecule has 0 bridgehead atoms. The Kier molecular flexibility index (Phi) is 6.45. The van der Waals surface area contributed by atoms with Crippen LogP contribution < -0.4 is 10.6 Å². The second-order valence-electron chi connectivity index (χ2n) is 7.82. The van der Waals surface area contributed by atoms with E-state index in [4.69, 9.17) is 5.11 Å². The lowest BCUT2D eigenvalue weighted by Gasteiger charge is -2.26. The minimum absolute atomic E-state index is 0.0484. The lowest BCUT2D eigenvalue weighted by Crippen LogP contribution is -2.38. The maximum Gasteiger partial charge on any atom is 0.409 e. The van der Waals surface area contributed by atoms with E-state index < -0.39 is 6.09 Å². The van der Waals surface area contributed by atoms with Crippen LogP contribution in [-0.4, -0.2) is 61.6 Å². The maximum atomic E-state index is 12.9. The SMILES string of the molecule is Cn1cc(NC(=O)O)cc1C(=O)Nc1ccc(-c2cc(C(=O)N3CCSCC3)n(C)c2)cc1. The van der Waals surface area contributed by atoms with Crippen LogP contribution in [0.1, 0.15) is 21.0 Å². The number of hydrogen-bond acceptors (Lipinski definition) is 4. The highest BCUT2D eigenvalue weighted by Crippen LogP contribution is 2.25. The Morgan fingerprint density at radius 1 is 0.848 bits per heavy atom. The van der Waals surface area contributed by atoms with Gasteiger partial charge in [0.25, 0.3) is 11.8 Å². The first-order valence-electron chi connectivity index (χ1n) is 10.4. The van der Waals surface area contributed by atoms with E-state index in [1.165, 1.54) is 12.3 Å². The number of carbonyl (C=O) groups excluding carboxylic acids is 2. The normalized spacial score (nSPS) is 13.6. The molecule has 0 atom stereocenters. The third kappa shape index (κ3) is 5.06. The summed E-state index contributed by atoms with van der Waals surface area (Å²) in [7, 11) is 3.54. The lowest BCUT2D eigenvalue weighted by atomic mass is 10.1. The van der Waals surface area contributed by atoms with Gasteiger partial charge in [0.05, 0.1) is 5.69 Å². The Bertz CT molecular complexity index is 1190. The van der Waals surface area contributed by atoms with E-state index in [2.05, 4.69) is 10.6 Å². The Labute approximate surface area is 195 Å². The minimum atomic E-state index is -1.19. The quantitative estimate of drug-likeness (QED) is 0.532. The second-order valence-corrected chi connectivity index (χ2v) is 9.04. The van der Waals surface area contributed by atoms with Crippen molar-refractivity contribution in [2.75, 3.05) is 35.2 Å². The van der Waals surface area contributed by atoms with Crippen LogP contribution in [-0.2, 0) is 14.1 Å². The van der Waals surface area contributed by atoms with Crippen molar-refractivity contribution in [3.05, 3.63) is 60.2 Å². The summed E-state index contributed by atoms with van der Waals surface area (Å²) in [6.07, 6.45) is 2.27. The molecule has 3 amide bonds. The van der Waals surface area contributed by atoms with Crippen LogP contribution in [0.25, 0.3) is 11.1 Å². The van der Waals surface area contributed by atoms with Gasteiger partial charge in [-0.25, -0.2) is 4.79 Å². The van der Waals surface area contributed by atoms with Crippen LogP contribution in [0.4, 0.5) is 16.2 Å².